The average Bonchev–Trinajstić information content (AvgIpc) is 3.54. The Kier molecular flexibility index (Phi) is 7.92. The highest BCUT2D eigenvalue weighted by atomic mass is 16.5. The number of nitrogens with zero attached hydrogens (tertiary/aromatic N) is 1. The molecule has 1 aromatic heterocycles. The predicted molar refractivity (Wildman–Crippen MR) is 131 cm³/mol. The molecule has 35 heavy (non-hydrogen) atoms. The van der Waals surface area contributed by atoms with Crippen molar-refractivity contribution >= 4 is 23.5 Å². The highest BCUT2D eigenvalue weighted by molar-refractivity contribution is 6.04. The smallest absolute Gasteiger partial charge is 0.306 e. The zero-order valence-electron chi connectivity index (χ0n) is 19.7. The van der Waals surface area contributed by atoms with Crippen LogP contribution in [0.5, 0.6) is 0 Å². The largest absolute Gasteiger partial charge is 0.456 e. The second kappa shape index (κ2) is 11.5. The van der Waals surface area contributed by atoms with Crippen LogP contribution in [0.25, 0.3) is 11.3 Å². The van der Waals surface area contributed by atoms with Gasteiger partial charge < -0.3 is 19.8 Å². The first kappa shape index (κ1) is 24.2. The van der Waals surface area contributed by atoms with E-state index < -0.39 is 18.5 Å². The molecule has 3 aromatic rings. The van der Waals surface area contributed by atoms with Crippen molar-refractivity contribution in [2.24, 2.45) is 0 Å². The summed E-state index contributed by atoms with van der Waals surface area (Å²) in [6.07, 6.45) is 6.07. The van der Waals surface area contributed by atoms with Crippen LogP contribution >= 0.6 is 0 Å². The van der Waals surface area contributed by atoms with Crippen molar-refractivity contribution in [3.63, 3.8) is 0 Å². The molecule has 1 aliphatic carbocycles. The maximum absolute atomic E-state index is 12.6. The summed E-state index contributed by atoms with van der Waals surface area (Å²) in [6.45, 7) is 1.56. The highest BCUT2D eigenvalue weighted by Gasteiger charge is 2.20. The summed E-state index contributed by atoms with van der Waals surface area (Å²) in [5.41, 5.74) is 2.82. The van der Waals surface area contributed by atoms with Crippen molar-refractivity contribution in [1.29, 1.82) is 0 Å². The van der Waals surface area contributed by atoms with Crippen LogP contribution < -0.4 is 10.6 Å². The fourth-order valence-corrected chi connectivity index (χ4v) is 4.01. The second-order valence-electron chi connectivity index (χ2n) is 8.69. The van der Waals surface area contributed by atoms with Gasteiger partial charge in [-0.15, -0.1) is 0 Å². The first-order valence-corrected chi connectivity index (χ1v) is 11.8. The minimum atomic E-state index is -0.539. The standard InChI is InChI=1S/C27H29N3O5/c1-18-10-12-19(13-11-18)23-16-28-25(35-23)14-15-26(32)34-17-24(31)30-22-9-5-4-8-21(22)27(33)29-20-6-2-3-7-20/h4-5,8-13,16,20H,2-3,6-7,14-15,17H2,1H3,(H,29,33)(H,30,31). The Morgan fingerprint density at radius 3 is 2.57 bits per heavy atom. The van der Waals surface area contributed by atoms with Crippen LogP contribution in [0.4, 0.5) is 5.69 Å². The number of anilines is 1. The van der Waals surface area contributed by atoms with Crippen LogP contribution in [0, 0.1) is 6.92 Å². The summed E-state index contributed by atoms with van der Waals surface area (Å²) >= 11 is 0. The number of hydrogen-bond acceptors (Lipinski definition) is 6. The number of carbonyl (C=O) groups is 3. The first-order valence-electron chi connectivity index (χ1n) is 11.8. The lowest BCUT2D eigenvalue weighted by molar-refractivity contribution is -0.147. The maximum Gasteiger partial charge on any atom is 0.306 e. The van der Waals surface area contributed by atoms with E-state index in [-0.39, 0.29) is 24.8 Å². The van der Waals surface area contributed by atoms with Crippen LogP contribution in [0.3, 0.4) is 0 Å². The van der Waals surface area contributed by atoms with Gasteiger partial charge in [0.15, 0.2) is 18.3 Å². The number of aromatic nitrogens is 1. The molecule has 2 N–H and O–H groups in total. The molecule has 0 spiro atoms. The van der Waals surface area contributed by atoms with Crippen molar-refractivity contribution in [2.45, 2.75) is 51.5 Å². The molecular formula is C27H29N3O5. The summed E-state index contributed by atoms with van der Waals surface area (Å²) in [4.78, 5) is 41.3. The average molecular weight is 476 g/mol. The number of aryl methyl sites for hydroxylation is 2. The van der Waals surface area contributed by atoms with E-state index in [0.717, 1.165) is 36.8 Å². The third kappa shape index (κ3) is 6.79. The van der Waals surface area contributed by atoms with Gasteiger partial charge in [-0.05, 0) is 31.9 Å². The van der Waals surface area contributed by atoms with Gasteiger partial charge in [0, 0.05) is 18.0 Å². The molecule has 2 aromatic carbocycles. The molecule has 182 valence electrons. The van der Waals surface area contributed by atoms with Crippen LogP contribution in [-0.4, -0.2) is 35.4 Å². The van der Waals surface area contributed by atoms with Gasteiger partial charge in [0.25, 0.3) is 11.8 Å². The molecule has 0 unspecified atom stereocenters. The molecule has 4 rings (SSSR count). The van der Waals surface area contributed by atoms with Crippen LogP contribution in [0.1, 0.15) is 53.9 Å². The Labute approximate surface area is 204 Å². The highest BCUT2D eigenvalue weighted by Crippen LogP contribution is 2.22. The topological polar surface area (TPSA) is 111 Å². The van der Waals surface area contributed by atoms with E-state index in [9.17, 15) is 14.4 Å². The quantitative estimate of drug-likeness (QED) is 0.443. The molecule has 8 heteroatoms. The molecule has 1 fully saturated rings. The van der Waals surface area contributed by atoms with Crippen molar-refractivity contribution in [1.82, 2.24) is 10.3 Å². The fraction of sp³-hybridized carbons (Fsp3) is 0.333. The molecule has 0 saturated heterocycles. The summed E-state index contributed by atoms with van der Waals surface area (Å²) in [5, 5.41) is 5.68. The predicted octanol–water partition coefficient (Wildman–Crippen LogP) is 4.44. The molecular weight excluding hydrogens is 446 g/mol. The van der Waals surface area contributed by atoms with Gasteiger partial charge in [-0.25, -0.2) is 4.98 Å². The van der Waals surface area contributed by atoms with Gasteiger partial charge in [-0.1, -0.05) is 54.8 Å². The molecule has 0 radical (unpaired) electrons. The Morgan fingerprint density at radius 1 is 1.06 bits per heavy atom. The zero-order valence-corrected chi connectivity index (χ0v) is 19.7. The van der Waals surface area contributed by atoms with Crippen molar-refractivity contribution < 1.29 is 23.5 Å². The van der Waals surface area contributed by atoms with E-state index in [4.69, 9.17) is 9.15 Å². The van der Waals surface area contributed by atoms with Crippen LogP contribution in [-0.2, 0) is 20.7 Å². The Balaban J connectivity index is 1.23. The van der Waals surface area contributed by atoms with E-state index in [1.165, 1.54) is 0 Å². The van der Waals surface area contributed by atoms with Gasteiger partial charge in [0.05, 0.1) is 23.9 Å². The lowest BCUT2D eigenvalue weighted by Gasteiger charge is -2.15. The maximum atomic E-state index is 12.6. The molecule has 1 saturated carbocycles. The van der Waals surface area contributed by atoms with E-state index in [1.54, 1.807) is 30.5 Å². The fourth-order valence-electron chi connectivity index (χ4n) is 4.01. The summed E-state index contributed by atoms with van der Waals surface area (Å²) in [6, 6.07) is 14.8. The number of oxazole rings is 1. The van der Waals surface area contributed by atoms with Gasteiger partial charge in [-0.2, -0.15) is 0 Å². The number of ether oxygens (including phenoxy) is 1. The number of carbonyl (C=O) groups excluding carboxylic acids is 3. The lowest BCUT2D eigenvalue weighted by atomic mass is 10.1. The van der Waals surface area contributed by atoms with E-state index in [0.29, 0.717) is 22.9 Å². The van der Waals surface area contributed by atoms with Gasteiger partial charge in [0.1, 0.15) is 0 Å². The van der Waals surface area contributed by atoms with Gasteiger partial charge >= 0.3 is 5.97 Å². The van der Waals surface area contributed by atoms with Gasteiger partial charge in [0.2, 0.25) is 0 Å². The van der Waals surface area contributed by atoms with Crippen molar-refractivity contribution in [2.75, 3.05) is 11.9 Å². The van der Waals surface area contributed by atoms with E-state index in [2.05, 4.69) is 15.6 Å². The number of hydrogen-bond donors (Lipinski definition) is 2. The minimum Gasteiger partial charge on any atom is -0.456 e. The molecule has 8 nitrogen and oxygen atoms in total. The number of benzene rings is 2. The molecule has 2 amide bonds. The molecule has 1 aliphatic rings. The number of rotatable bonds is 9. The molecule has 0 bridgehead atoms. The third-order valence-corrected chi connectivity index (χ3v) is 5.93. The Bertz CT molecular complexity index is 1180. The summed E-state index contributed by atoms with van der Waals surface area (Å²) in [7, 11) is 0. The normalized spacial score (nSPS) is 13.4. The first-order chi connectivity index (χ1) is 17.0. The van der Waals surface area contributed by atoms with Gasteiger partial charge in [-0.3, -0.25) is 14.4 Å². The third-order valence-electron chi connectivity index (χ3n) is 5.93. The summed E-state index contributed by atoms with van der Waals surface area (Å²) in [5.74, 6) is -0.229. The van der Waals surface area contributed by atoms with Crippen LogP contribution in [0.2, 0.25) is 0 Å². The van der Waals surface area contributed by atoms with Crippen LogP contribution in [0.15, 0.2) is 59.1 Å². The van der Waals surface area contributed by atoms with Crippen molar-refractivity contribution in [3.05, 3.63) is 71.7 Å². The number of nitrogens with one attached hydrogen (secondary N) is 2. The minimum absolute atomic E-state index is 0.0293. The SMILES string of the molecule is Cc1ccc(-c2cnc(CCC(=O)OCC(=O)Nc3ccccc3C(=O)NC3CCCC3)o2)cc1. The molecule has 1 heterocycles. The number of esters is 1. The number of amides is 2. The molecule has 0 atom stereocenters. The Hall–Kier alpha value is -3.94. The lowest BCUT2D eigenvalue weighted by Crippen LogP contribution is -2.33. The van der Waals surface area contributed by atoms with E-state index >= 15 is 0 Å². The monoisotopic (exact) mass is 475 g/mol. The Morgan fingerprint density at radius 2 is 1.80 bits per heavy atom. The molecule has 0 aliphatic heterocycles. The number of para-hydroxylation sites is 1. The summed E-state index contributed by atoms with van der Waals surface area (Å²) < 4.78 is 10.8. The second-order valence-corrected chi connectivity index (χ2v) is 8.69. The zero-order chi connectivity index (χ0) is 24.6. The van der Waals surface area contributed by atoms with E-state index in [1.807, 2.05) is 31.2 Å². The van der Waals surface area contributed by atoms with Crippen molar-refractivity contribution in [3.8, 4) is 11.3 Å².